The van der Waals surface area contributed by atoms with Gasteiger partial charge in [0.05, 0.1) is 23.1 Å². The summed E-state index contributed by atoms with van der Waals surface area (Å²) in [6, 6.07) is 11.7. The number of aryl methyl sites for hydroxylation is 1. The van der Waals surface area contributed by atoms with Crippen molar-refractivity contribution in [3.8, 4) is 11.8 Å². The number of benzene rings is 1. The minimum absolute atomic E-state index is 0.351. The first-order chi connectivity index (χ1) is 13.5. The van der Waals surface area contributed by atoms with E-state index in [1.54, 1.807) is 18.5 Å². The summed E-state index contributed by atoms with van der Waals surface area (Å²) in [6.45, 7) is 3.10. The molecule has 1 saturated carbocycles. The number of ether oxygens (including phenoxy) is 1. The Bertz CT molecular complexity index is 906. The third-order valence-corrected chi connectivity index (χ3v) is 5.13. The van der Waals surface area contributed by atoms with Crippen molar-refractivity contribution < 1.29 is 14.3 Å². The molecular weight excluding hydrogens is 356 g/mol. The summed E-state index contributed by atoms with van der Waals surface area (Å²) in [6.07, 6.45) is 4.14. The number of para-hydroxylation sites is 1. The van der Waals surface area contributed by atoms with Gasteiger partial charge in [0.1, 0.15) is 11.1 Å². The molecule has 3 rings (SSSR count). The van der Waals surface area contributed by atoms with Crippen LogP contribution in [0.1, 0.15) is 53.8 Å². The lowest BCUT2D eigenvalue weighted by atomic mass is 9.83. The molecule has 7 heteroatoms. The third-order valence-electron chi connectivity index (χ3n) is 5.13. The van der Waals surface area contributed by atoms with Crippen LogP contribution in [0.25, 0.3) is 5.69 Å². The average molecular weight is 380 g/mol. The largest absolute Gasteiger partial charge is 0.452 e. The predicted molar refractivity (Wildman–Crippen MR) is 103 cm³/mol. The number of amides is 1. The van der Waals surface area contributed by atoms with Crippen LogP contribution in [0.5, 0.6) is 0 Å². The van der Waals surface area contributed by atoms with Crippen molar-refractivity contribution in [2.75, 3.05) is 6.61 Å². The first-order valence-electron chi connectivity index (χ1n) is 9.47. The Morgan fingerprint density at radius 3 is 2.54 bits per heavy atom. The summed E-state index contributed by atoms with van der Waals surface area (Å²) >= 11 is 0. The highest BCUT2D eigenvalue weighted by molar-refractivity contribution is 5.93. The van der Waals surface area contributed by atoms with Gasteiger partial charge in [-0.15, -0.1) is 0 Å². The number of aromatic nitrogens is 2. The van der Waals surface area contributed by atoms with E-state index in [2.05, 4.69) is 16.5 Å². The molecule has 1 aromatic carbocycles. The molecule has 1 heterocycles. The van der Waals surface area contributed by atoms with Crippen LogP contribution in [0.15, 0.2) is 30.3 Å². The van der Waals surface area contributed by atoms with E-state index >= 15 is 0 Å². The Morgan fingerprint density at radius 2 is 1.89 bits per heavy atom. The van der Waals surface area contributed by atoms with Gasteiger partial charge >= 0.3 is 5.97 Å². The number of rotatable bonds is 5. The van der Waals surface area contributed by atoms with Crippen molar-refractivity contribution in [2.45, 2.75) is 51.5 Å². The fraction of sp³-hybridized carbons (Fsp3) is 0.429. The molecule has 1 N–H and O–H groups in total. The summed E-state index contributed by atoms with van der Waals surface area (Å²) < 4.78 is 6.90. The van der Waals surface area contributed by atoms with Crippen LogP contribution in [0, 0.1) is 25.2 Å². The Balaban J connectivity index is 1.66. The number of nitrogens with one attached hydrogen (secondary N) is 1. The van der Waals surface area contributed by atoms with Crippen LogP contribution >= 0.6 is 0 Å². The lowest BCUT2D eigenvalue weighted by Crippen LogP contribution is -2.50. The van der Waals surface area contributed by atoms with Crippen LogP contribution in [-0.2, 0) is 9.53 Å². The number of nitrogens with zero attached hydrogens (tertiary/aromatic N) is 3. The molecule has 1 aromatic heterocycles. The average Bonchev–Trinajstić information content (AvgIpc) is 3.01. The molecule has 1 fully saturated rings. The number of nitriles is 1. The maximum Gasteiger partial charge on any atom is 0.342 e. The van der Waals surface area contributed by atoms with Crippen LogP contribution in [0.4, 0.5) is 0 Å². The van der Waals surface area contributed by atoms with Gasteiger partial charge in [0.2, 0.25) is 0 Å². The molecule has 1 aliphatic rings. The molecule has 1 amide bonds. The summed E-state index contributed by atoms with van der Waals surface area (Å²) in [4.78, 5) is 24.8. The fourth-order valence-electron chi connectivity index (χ4n) is 3.69. The van der Waals surface area contributed by atoms with Crippen LogP contribution in [0.2, 0.25) is 0 Å². The van der Waals surface area contributed by atoms with Crippen molar-refractivity contribution in [1.82, 2.24) is 15.1 Å². The highest BCUT2D eigenvalue weighted by atomic mass is 16.5. The first kappa shape index (κ1) is 19.6. The normalized spacial score (nSPS) is 15.5. The molecule has 1 aliphatic carbocycles. The topological polar surface area (TPSA) is 97.0 Å². The van der Waals surface area contributed by atoms with Crippen LogP contribution in [0.3, 0.4) is 0 Å². The van der Waals surface area contributed by atoms with Gasteiger partial charge < -0.3 is 10.1 Å². The molecule has 2 aromatic rings. The minimum atomic E-state index is -0.842. The van der Waals surface area contributed by atoms with E-state index in [1.807, 2.05) is 30.3 Å². The van der Waals surface area contributed by atoms with Crippen molar-refractivity contribution in [2.24, 2.45) is 0 Å². The minimum Gasteiger partial charge on any atom is -0.452 e. The summed E-state index contributed by atoms with van der Waals surface area (Å²) in [7, 11) is 0. The van der Waals surface area contributed by atoms with Crippen molar-refractivity contribution in [3.05, 3.63) is 47.3 Å². The second kappa shape index (κ2) is 8.26. The zero-order chi connectivity index (χ0) is 20.1. The maximum absolute atomic E-state index is 12.6. The van der Waals surface area contributed by atoms with Gasteiger partial charge in [-0.05, 0) is 38.8 Å². The van der Waals surface area contributed by atoms with Crippen molar-refractivity contribution in [3.63, 3.8) is 0 Å². The number of carbonyl (C=O) groups excluding carboxylic acids is 2. The van der Waals surface area contributed by atoms with E-state index in [0.29, 0.717) is 29.8 Å². The van der Waals surface area contributed by atoms with Crippen LogP contribution < -0.4 is 5.32 Å². The number of esters is 1. The quantitative estimate of drug-likeness (QED) is 0.804. The number of carbonyl (C=O) groups is 2. The SMILES string of the molecule is Cc1nn(-c2ccccc2)c(C)c1C(=O)OCC(=O)NC1(C#N)CCCCC1. The first-order valence-corrected chi connectivity index (χ1v) is 9.47. The predicted octanol–water partition coefficient (Wildman–Crippen LogP) is 2.99. The molecular formula is C21H24N4O3. The lowest BCUT2D eigenvalue weighted by Gasteiger charge is -2.31. The molecule has 146 valence electrons. The Hall–Kier alpha value is -3.14. The Labute approximate surface area is 164 Å². The second-order valence-electron chi connectivity index (χ2n) is 7.17. The lowest BCUT2D eigenvalue weighted by molar-refractivity contribution is -0.125. The summed E-state index contributed by atoms with van der Waals surface area (Å²) in [5, 5.41) is 16.6. The fourth-order valence-corrected chi connectivity index (χ4v) is 3.69. The smallest absolute Gasteiger partial charge is 0.342 e. The molecule has 0 aliphatic heterocycles. The molecule has 7 nitrogen and oxygen atoms in total. The van der Waals surface area contributed by atoms with Gasteiger partial charge in [-0.1, -0.05) is 37.5 Å². The molecule has 0 bridgehead atoms. The molecule has 0 saturated heterocycles. The number of hydrogen-bond acceptors (Lipinski definition) is 5. The number of hydrogen-bond donors (Lipinski definition) is 1. The van der Waals surface area contributed by atoms with Crippen LogP contribution in [-0.4, -0.2) is 33.8 Å². The third kappa shape index (κ3) is 4.06. The van der Waals surface area contributed by atoms with Crippen molar-refractivity contribution in [1.29, 1.82) is 5.26 Å². The van der Waals surface area contributed by atoms with E-state index < -0.39 is 24.0 Å². The highest BCUT2D eigenvalue weighted by Crippen LogP contribution is 2.27. The molecule has 28 heavy (non-hydrogen) atoms. The van der Waals surface area contributed by atoms with Gasteiger partial charge in [0, 0.05) is 0 Å². The van der Waals surface area contributed by atoms with Gasteiger partial charge in [0.15, 0.2) is 6.61 Å². The zero-order valence-electron chi connectivity index (χ0n) is 16.2. The zero-order valence-corrected chi connectivity index (χ0v) is 16.2. The molecule has 0 spiro atoms. The van der Waals surface area contributed by atoms with E-state index in [-0.39, 0.29) is 0 Å². The maximum atomic E-state index is 12.6. The van der Waals surface area contributed by atoms with E-state index in [1.165, 1.54) is 0 Å². The van der Waals surface area contributed by atoms with Crippen molar-refractivity contribution >= 4 is 11.9 Å². The Morgan fingerprint density at radius 1 is 1.21 bits per heavy atom. The monoisotopic (exact) mass is 380 g/mol. The van der Waals surface area contributed by atoms with Gasteiger partial charge in [-0.25, -0.2) is 9.48 Å². The highest BCUT2D eigenvalue weighted by Gasteiger charge is 2.34. The second-order valence-corrected chi connectivity index (χ2v) is 7.17. The Kier molecular flexibility index (Phi) is 5.78. The standard InChI is InChI=1S/C21H24N4O3/c1-15-19(16(2)25(24-15)17-9-5-3-6-10-17)20(27)28-13-18(26)23-21(14-22)11-7-4-8-12-21/h3,5-6,9-10H,4,7-8,11-13H2,1-2H3,(H,23,26). The summed E-state index contributed by atoms with van der Waals surface area (Å²) in [5.74, 6) is -1.05. The van der Waals surface area contributed by atoms with E-state index in [4.69, 9.17) is 4.74 Å². The van der Waals surface area contributed by atoms with E-state index in [0.717, 1.165) is 24.9 Å². The molecule has 0 atom stereocenters. The summed E-state index contributed by atoms with van der Waals surface area (Å²) in [5.41, 5.74) is 1.53. The van der Waals surface area contributed by atoms with Gasteiger partial charge in [0.25, 0.3) is 5.91 Å². The molecule has 0 radical (unpaired) electrons. The molecule has 0 unspecified atom stereocenters. The van der Waals surface area contributed by atoms with Gasteiger partial charge in [-0.3, -0.25) is 4.79 Å². The van der Waals surface area contributed by atoms with Gasteiger partial charge in [-0.2, -0.15) is 10.4 Å². The van der Waals surface area contributed by atoms with E-state index in [9.17, 15) is 14.9 Å².